The van der Waals surface area contributed by atoms with E-state index in [2.05, 4.69) is 61.9 Å². The van der Waals surface area contributed by atoms with E-state index < -0.39 is 0 Å². The van der Waals surface area contributed by atoms with E-state index in [0.717, 1.165) is 60.9 Å². The summed E-state index contributed by atoms with van der Waals surface area (Å²) in [7, 11) is 0. The molecule has 1 heterocycles. The van der Waals surface area contributed by atoms with E-state index in [4.69, 9.17) is 11.6 Å². The molecule has 0 aromatic heterocycles. The number of fused-ring (bicyclic) bond motifs is 1. The van der Waals surface area contributed by atoms with Gasteiger partial charge in [0.25, 0.3) is 0 Å². The molecule has 2 aliphatic rings. The third-order valence-electron chi connectivity index (χ3n) is 7.77. The first-order chi connectivity index (χ1) is 16.1. The number of carbonyl (C=O) groups excluding carboxylic acids is 1. The Balaban J connectivity index is 1.44. The van der Waals surface area contributed by atoms with E-state index >= 15 is 0 Å². The van der Waals surface area contributed by atoms with Crippen molar-refractivity contribution in [1.29, 1.82) is 0 Å². The van der Waals surface area contributed by atoms with Gasteiger partial charge in [-0.05, 0) is 66.0 Å². The zero-order valence-corrected chi connectivity index (χ0v) is 21.9. The van der Waals surface area contributed by atoms with Gasteiger partial charge in [-0.15, -0.1) is 0 Å². The first-order valence-electron chi connectivity index (χ1n) is 12.5. The summed E-state index contributed by atoms with van der Waals surface area (Å²) in [6, 6.07) is 9.89. The number of hydrogen-bond donors (Lipinski definition) is 2. The van der Waals surface area contributed by atoms with E-state index in [9.17, 15) is 9.90 Å². The molecule has 1 saturated heterocycles. The summed E-state index contributed by atoms with van der Waals surface area (Å²) in [6.07, 6.45) is 1.82. The van der Waals surface area contributed by atoms with Crippen molar-refractivity contribution in [3.63, 3.8) is 0 Å². The second-order valence-electron chi connectivity index (χ2n) is 10.7. The van der Waals surface area contributed by atoms with Gasteiger partial charge in [0, 0.05) is 42.5 Å². The number of nitrogens with zero attached hydrogens (tertiary/aromatic N) is 2. The van der Waals surface area contributed by atoms with Crippen molar-refractivity contribution in [1.82, 2.24) is 10.2 Å². The Morgan fingerprint density at radius 2 is 1.94 bits per heavy atom. The number of nitrogens with one attached hydrogen (secondary N) is 1. The van der Waals surface area contributed by atoms with Crippen LogP contribution in [0.2, 0.25) is 5.02 Å². The SMILES string of the molecule is CCC(C)c1cc(C)c2c(c1O)C(NC(=O)CN1CCN(c3cccc(Cl)c3)CC1)C(C)(C)C2. The van der Waals surface area contributed by atoms with Crippen LogP contribution in [0.1, 0.15) is 68.3 Å². The average molecular weight is 484 g/mol. The number of aromatic hydroxyl groups is 1. The monoisotopic (exact) mass is 483 g/mol. The van der Waals surface area contributed by atoms with Crippen molar-refractivity contribution < 1.29 is 9.90 Å². The van der Waals surface area contributed by atoms with Gasteiger partial charge in [-0.1, -0.05) is 51.4 Å². The van der Waals surface area contributed by atoms with Crippen molar-refractivity contribution in [2.45, 2.75) is 59.4 Å². The summed E-state index contributed by atoms with van der Waals surface area (Å²) in [4.78, 5) is 17.7. The third kappa shape index (κ3) is 4.92. The van der Waals surface area contributed by atoms with Crippen LogP contribution >= 0.6 is 11.6 Å². The van der Waals surface area contributed by atoms with E-state index in [1.54, 1.807) is 0 Å². The zero-order valence-electron chi connectivity index (χ0n) is 21.1. The smallest absolute Gasteiger partial charge is 0.234 e. The highest BCUT2D eigenvalue weighted by atomic mass is 35.5. The van der Waals surface area contributed by atoms with Crippen LogP contribution in [0, 0.1) is 12.3 Å². The zero-order chi connectivity index (χ0) is 24.6. The van der Waals surface area contributed by atoms with E-state index in [-0.39, 0.29) is 23.3 Å². The Morgan fingerprint density at radius 1 is 1.24 bits per heavy atom. The first-order valence-corrected chi connectivity index (χ1v) is 12.9. The highest BCUT2D eigenvalue weighted by Crippen LogP contribution is 2.51. The summed E-state index contributed by atoms with van der Waals surface area (Å²) in [5.74, 6) is 0.675. The molecule has 1 amide bonds. The summed E-state index contributed by atoms with van der Waals surface area (Å²) >= 11 is 6.15. The molecule has 2 unspecified atom stereocenters. The van der Waals surface area contributed by atoms with Crippen molar-refractivity contribution in [2.24, 2.45) is 5.41 Å². The fourth-order valence-electron chi connectivity index (χ4n) is 5.50. The lowest BCUT2D eigenvalue weighted by Gasteiger charge is -2.36. The van der Waals surface area contributed by atoms with Gasteiger partial charge >= 0.3 is 0 Å². The number of carbonyl (C=O) groups is 1. The number of phenols is 1. The van der Waals surface area contributed by atoms with E-state index in [0.29, 0.717) is 12.3 Å². The van der Waals surface area contributed by atoms with Crippen molar-refractivity contribution in [3.05, 3.63) is 57.6 Å². The number of phenolic OH excluding ortho intramolecular Hbond substituents is 1. The van der Waals surface area contributed by atoms with Crippen molar-refractivity contribution in [3.8, 4) is 5.75 Å². The topological polar surface area (TPSA) is 55.8 Å². The fourth-order valence-corrected chi connectivity index (χ4v) is 5.69. The van der Waals surface area contributed by atoms with Crippen LogP contribution in [0.15, 0.2) is 30.3 Å². The Kier molecular flexibility index (Phi) is 7.16. The quantitative estimate of drug-likeness (QED) is 0.575. The Labute approximate surface area is 209 Å². The molecule has 0 saturated carbocycles. The number of anilines is 1. The number of benzene rings is 2. The van der Waals surface area contributed by atoms with Gasteiger partial charge in [-0.25, -0.2) is 0 Å². The molecule has 5 nitrogen and oxygen atoms in total. The van der Waals surface area contributed by atoms with Gasteiger partial charge in [0.15, 0.2) is 0 Å². The number of halogens is 1. The van der Waals surface area contributed by atoms with Crippen LogP contribution in [0.3, 0.4) is 0 Å². The molecule has 0 spiro atoms. The number of piperazine rings is 1. The Morgan fingerprint density at radius 3 is 2.59 bits per heavy atom. The van der Waals surface area contributed by atoms with Gasteiger partial charge < -0.3 is 15.3 Å². The first kappa shape index (κ1) is 24.9. The predicted molar refractivity (Wildman–Crippen MR) is 140 cm³/mol. The maximum Gasteiger partial charge on any atom is 0.234 e. The highest BCUT2D eigenvalue weighted by Gasteiger charge is 2.43. The van der Waals surface area contributed by atoms with Gasteiger partial charge in [0.05, 0.1) is 12.6 Å². The molecule has 2 aromatic rings. The molecule has 1 fully saturated rings. The predicted octanol–water partition coefficient (Wildman–Crippen LogP) is 5.43. The molecule has 1 aliphatic heterocycles. The molecular formula is C28H38ClN3O2. The minimum atomic E-state index is -0.189. The molecule has 0 radical (unpaired) electrons. The summed E-state index contributed by atoms with van der Waals surface area (Å²) in [6.45, 7) is 14.5. The molecule has 2 aromatic carbocycles. The van der Waals surface area contributed by atoms with Crippen LogP contribution in [0.25, 0.3) is 0 Å². The number of amides is 1. The lowest BCUT2D eigenvalue weighted by Crippen LogP contribution is -2.50. The largest absolute Gasteiger partial charge is 0.507 e. The summed E-state index contributed by atoms with van der Waals surface area (Å²) in [5.41, 5.74) is 5.30. The molecule has 34 heavy (non-hydrogen) atoms. The average Bonchev–Trinajstić information content (AvgIpc) is 3.07. The normalized spacial score (nSPS) is 20.8. The maximum absolute atomic E-state index is 13.2. The van der Waals surface area contributed by atoms with Crippen LogP contribution in [-0.4, -0.2) is 48.6 Å². The lowest BCUT2D eigenvalue weighted by atomic mass is 9.84. The van der Waals surface area contributed by atoms with Crippen molar-refractivity contribution >= 4 is 23.2 Å². The Hall–Kier alpha value is -2.24. The van der Waals surface area contributed by atoms with Crippen LogP contribution in [0.5, 0.6) is 5.75 Å². The van der Waals surface area contributed by atoms with Crippen molar-refractivity contribution in [2.75, 3.05) is 37.6 Å². The van der Waals surface area contributed by atoms with Crippen LogP contribution in [0.4, 0.5) is 5.69 Å². The van der Waals surface area contributed by atoms with Gasteiger partial charge in [0.1, 0.15) is 5.75 Å². The summed E-state index contributed by atoms with van der Waals surface area (Å²) in [5, 5.41) is 15.3. The molecule has 6 heteroatoms. The number of rotatable bonds is 6. The van der Waals surface area contributed by atoms with Crippen LogP contribution in [-0.2, 0) is 11.2 Å². The second kappa shape index (κ2) is 9.79. The van der Waals surface area contributed by atoms with Gasteiger partial charge in [-0.3, -0.25) is 9.69 Å². The highest BCUT2D eigenvalue weighted by molar-refractivity contribution is 6.30. The lowest BCUT2D eigenvalue weighted by molar-refractivity contribution is -0.123. The third-order valence-corrected chi connectivity index (χ3v) is 8.00. The van der Waals surface area contributed by atoms with E-state index in [1.165, 1.54) is 11.1 Å². The van der Waals surface area contributed by atoms with E-state index in [1.807, 2.05) is 18.2 Å². The molecule has 2 N–H and O–H groups in total. The number of aryl methyl sites for hydroxylation is 1. The molecular weight excluding hydrogens is 446 g/mol. The molecule has 2 atom stereocenters. The van der Waals surface area contributed by atoms with Gasteiger partial charge in [0.2, 0.25) is 5.91 Å². The second-order valence-corrected chi connectivity index (χ2v) is 11.2. The summed E-state index contributed by atoms with van der Waals surface area (Å²) < 4.78 is 0. The fraction of sp³-hybridized carbons (Fsp3) is 0.536. The number of hydrogen-bond acceptors (Lipinski definition) is 4. The molecule has 0 bridgehead atoms. The molecule has 4 rings (SSSR count). The molecule has 184 valence electrons. The minimum absolute atomic E-state index is 0.0214. The minimum Gasteiger partial charge on any atom is -0.507 e. The Bertz CT molecular complexity index is 1060. The standard InChI is InChI=1S/C28H38ClN3O2/c1-6-18(2)22-14-19(3)23-16-28(4,5)27(25(23)26(22)34)30-24(33)17-31-10-12-32(13-11-31)21-9-7-8-20(29)15-21/h7-9,14-15,18,27,34H,6,10-13,16-17H2,1-5H3,(H,30,33). The molecule has 1 aliphatic carbocycles. The maximum atomic E-state index is 13.2. The van der Waals surface area contributed by atoms with Crippen LogP contribution < -0.4 is 10.2 Å². The van der Waals surface area contributed by atoms with Gasteiger partial charge in [-0.2, -0.15) is 0 Å².